The Morgan fingerprint density at radius 3 is 2.71 bits per heavy atom. The molecule has 0 unspecified atom stereocenters. The van der Waals surface area contributed by atoms with E-state index < -0.39 is 0 Å². The zero-order valence-electron chi connectivity index (χ0n) is 9.93. The van der Waals surface area contributed by atoms with Crippen LogP contribution in [0.5, 0.6) is 0 Å². The highest BCUT2D eigenvalue weighted by Crippen LogP contribution is 2.08. The van der Waals surface area contributed by atoms with Gasteiger partial charge < -0.3 is 15.2 Å². The molecule has 0 spiro atoms. The fourth-order valence-electron chi connectivity index (χ4n) is 1.78. The average Bonchev–Trinajstić information content (AvgIpc) is 2.73. The van der Waals surface area contributed by atoms with Crippen LogP contribution in [-0.4, -0.2) is 34.1 Å². The van der Waals surface area contributed by atoms with Crippen molar-refractivity contribution in [2.75, 3.05) is 13.1 Å². The Hall–Kier alpha value is -0.860. The van der Waals surface area contributed by atoms with E-state index in [0.29, 0.717) is 24.2 Å². The van der Waals surface area contributed by atoms with Gasteiger partial charge in [-0.15, -0.1) is 24.0 Å². The van der Waals surface area contributed by atoms with Crippen molar-refractivity contribution in [1.82, 2.24) is 15.0 Å². The molecule has 0 saturated carbocycles. The van der Waals surface area contributed by atoms with E-state index in [1.54, 1.807) is 6.92 Å². The summed E-state index contributed by atoms with van der Waals surface area (Å²) < 4.78 is 4.96. The van der Waals surface area contributed by atoms with E-state index in [0.717, 1.165) is 13.1 Å². The molecule has 1 aliphatic heterocycles. The van der Waals surface area contributed by atoms with Crippen LogP contribution in [0.2, 0.25) is 0 Å². The smallest absolute Gasteiger partial charge is 0.248 e. The zero-order valence-corrected chi connectivity index (χ0v) is 12.3. The fraction of sp³-hybridized carbons (Fsp3) is 0.700. The molecule has 0 radical (unpaired) electrons. The van der Waals surface area contributed by atoms with Crippen LogP contribution in [0.4, 0.5) is 0 Å². The van der Waals surface area contributed by atoms with Crippen molar-refractivity contribution in [1.29, 1.82) is 0 Å². The lowest BCUT2D eigenvalue weighted by atomic mass is 10.1. The highest BCUT2D eigenvalue weighted by atomic mass is 127. The molecule has 7 heteroatoms. The van der Waals surface area contributed by atoms with Crippen molar-refractivity contribution in [2.24, 2.45) is 10.7 Å². The molecule has 2 heterocycles. The van der Waals surface area contributed by atoms with Crippen molar-refractivity contribution in [3.05, 3.63) is 11.7 Å². The lowest BCUT2D eigenvalue weighted by Crippen LogP contribution is -2.40. The Balaban J connectivity index is 0.00000144. The minimum atomic E-state index is 0. The largest absolute Gasteiger partial charge is 0.370 e. The van der Waals surface area contributed by atoms with Gasteiger partial charge in [-0.25, -0.2) is 4.99 Å². The average molecular weight is 351 g/mol. The highest BCUT2D eigenvalue weighted by Gasteiger charge is 2.12. The normalized spacial score (nSPS) is 16.8. The molecule has 1 fully saturated rings. The molecule has 0 aliphatic carbocycles. The number of hydrogen-bond acceptors (Lipinski definition) is 4. The number of nitrogens with two attached hydrogens (primary N) is 1. The van der Waals surface area contributed by atoms with Gasteiger partial charge in [-0.3, -0.25) is 0 Å². The number of nitrogens with zero attached hydrogens (tertiary/aromatic N) is 4. The summed E-state index contributed by atoms with van der Waals surface area (Å²) in [6.45, 7) is 4.14. The molecule has 1 saturated heterocycles. The molecule has 2 N–H and O–H groups in total. The summed E-state index contributed by atoms with van der Waals surface area (Å²) in [5.41, 5.74) is 5.89. The topological polar surface area (TPSA) is 80.5 Å². The number of guanidine groups is 1. The molecule has 0 bridgehead atoms. The van der Waals surface area contributed by atoms with Gasteiger partial charge in [0.2, 0.25) is 5.89 Å². The molecule has 0 aromatic carbocycles. The number of hydrogen-bond donors (Lipinski definition) is 1. The van der Waals surface area contributed by atoms with Crippen LogP contribution in [-0.2, 0) is 6.54 Å². The molecule has 1 aromatic heterocycles. The summed E-state index contributed by atoms with van der Waals surface area (Å²) in [5, 5.41) is 3.70. The number of aliphatic imine (C=N–C) groups is 1. The lowest BCUT2D eigenvalue weighted by molar-refractivity contribution is 0.336. The Bertz CT molecular complexity index is 373. The first-order valence-electron chi connectivity index (χ1n) is 5.60. The van der Waals surface area contributed by atoms with E-state index in [-0.39, 0.29) is 24.0 Å². The molecule has 0 amide bonds. The number of aromatic nitrogens is 2. The van der Waals surface area contributed by atoms with Crippen LogP contribution >= 0.6 is 24.0 Å². The maximum atomic E-state index is 5.89. The van der Waals surface area contributed by atoms with Gasteiger partial charge in [0, 0.05) is 13.1 Å². The lowest BCUT2D eigenvalue weighted by Gasteiger charge is -2.27. The molecular weight excluding hydrogens is 333 g/mol. The third-order valence-electron chi connectivity index (χ3n) is 2.63. The van der Waals surface area contributed by atoms with Gasteiger partial charge in [-0.1, -0.05) is 5.16 Å². The van der Waals surface area contributed by atoms with Crippen LogP contribution in [0.25, 0.3) is 0 Å². The molecule has 6 nitrogen and oxygen atoms in total. The maximum Gasteiger partial charge on any atom is 0.248 e. The standard InChI is InChI=1S/C10H17N5O.HI/c1-8-13-9(16-14-8)7-12-10(11)15-5-3-2-4-6-15;/h2-7H2,1H3,(H2,11,12);1H. The van der Waals surface area contributed by atoms with Gasteiger partial charge in [0.15, 0.2) is 11.8 Å². The number of piperidine rings is 1. The summed E-state index contributed by atoms with van der Waals surface area (Å²) in [6.07, 6.45) is 3.67. The minimum absolute atomic E-state index is 0. The van der Waals surface area contributed by atoms with E-state index in [2.05, 4.69) is 20.0 Å². The first kappa shape index (κ1) is 14.2. The maximum absolute atomic E-state index is 5.89. The number of likely N-dealkylation sites (tertiary alicyclic amines) is 1. The van der Waals surface area contributed by atoms with Gasteiger partial charge in [0.05, 0.1) is 0 Å². The zero-order chi connectivity index (χ0) is 11.4. The van der Waals surface area contributed by atoms with Crippen LogP contribution in [0, 0.1) is 6.92 Å². The monoisotopic (exact) mass is 351 g/mol. The molecule has 96 valence electrons. The van der Waals surface area contributed by atoms with Gasteiger partial charge in [0.25, 0.3) is 0 Å². The van der Waals surface area contributed by atoms with Crippen molar-refractivity contribution in [3.8, 4) is 0 Å². The second-order valence-corrected chi connectivity index (χ2v) is 3.96. The summed E-state index contributed by atoms with van der Waals surface area (Å²) >= 11 is 0. The van der Waals surface area contributed by atoms with Crippen LogP contribution < -0.4 is 5.73 Å². The van der Waals surface area contributed by atoms with E-state index in [1.165, 1.54) is 19.3 Å². The Morgan fingerprint density at radius 2 is 2.12 bits per heavy atom. The van der Waals surface area contributed by atoms with Crippen LogP contribution in [0.15, 0.2) is 9.52 Å². The van der Waals surface area contributed by atoms with E-state index in [9.17, 15) is 0 Å². The fourth-order valence-corrected chi connectivity index (χ4v) is 1.78. The number of aryl methyl sites for hydroxylation is 1. The van der Waals surface area contributed by atoms with Crippen molar-refractivity contribution >= 4 is 29.9 Å². The van der Waals surface area contributed by atoms with E-state index in [4.69, 9.17) is 10.3 Å². The van der Waals surface area contributed by atoms with Crippen LogP contribution in [0.3, 0.4) is 0 Å². The number of halogens is 1. The summed E-state index contributed by atoms with van der Waals surface area (Å²) in [5.74, 6) is 1.72. The van der Waals surface area contributed by atoms with Gasteiger partial charge in [0.1, 0.15) is 6.54 Å². The second kappa shape index (κ2) is 6.77. The quantitative estimate of drug-likeness (QED) is 0.494. The van der Waals surface area contributed by atoms with Gasteiger partial charge in [-0.05, 0) is 26.2 Å². The van der Waals surface area contributed by atoms with Gasteiger partial charge >= 0.3 is 0 Å². The summed E-state index contributed by atoms with van der Waals surface area (Å²) in [4.78, 5) is 10.4. The van der Waals surface area contributed by atoms with Crippen molar-refractivity contribution < 1.29 is 4.52 Å². The Labute approximate surface area is 118 Å². The number of rotatable bonds is 2. The highest BCUT2D eigenvalue weighted by molar-refractivity contribution is 14.0. The van der Waals surface area contributed by atoms with Gasteiger partial charge in [-0.2, -0.15) is 4.98 Å². The van der Waals surface area contributed by atoms with Crippen LogP contribution in [0.1, 0.15) is 31.0 Å². The molecule has 1 aliphatic rings. The van der Waals surface area contributed by atoms with E-state index in [1.807, 2.05) is 0 Å². The van der Waals surface area contributed by atoms with E-state index >= 15 is 0 Å². The molecule has 17 heavy (non-hydrogen) atoms. The third kappa shape index (κ3) is 4.14. The predicted molar refractivity (Wildman–Crippen MR) is 75.2 cm³/mol. The predicted octanol–water partition coefficient (Wildman–Crippen LogP) is 1.30. The second-order valence-electron chi connectivity index (χ2n) is 3.96. The summed E-state index contributed by atoms with van der Waals surface area (Å²) in [7, 11) is 0. The molecule has 1 aromatic rings. The Kier molecular flexibility index (Phi) is 5.66. The first-order valence-corrected chi connectivity index (χ1v) is 5.60. The van der Waals surface area contributed by atoms with Crippen molar-refractivity contribution in [3.63, 3.8) is 0 Å². The van der Waals surface area contributed by atoms with Crippen molar-refractivity contribution in [2.45, 2.75) is 32.7 Å². The Morgan fingerprint density at radius 1 is 1.41 bits per heavy atom. The molecular formula is C10H18IN5O. The molecule has 0 atom stereocenters. The third-order valence-corrected chi connectivity index (χ3v) is 2.63. The summed E-state index contributed by atoms with van der Waals surface area (Å²) in [6, 6.07) is 0. The SMILES string of the molecule is Cc1noc(CN=C(N)N2CCCCC2)n1.I. The minimum Gasteiger partial charge on any atom is -0.370 e. The molecule has 2 rings (SSSR count). The first-order chi connectivity index (χ1) is 7.75.